The number of sulfone groups is 1. The lowest BCUT2D eigenvalue weighted by Gasteiger charge is -2.40. The minimum absolute atomic E-state index is 0.00351. The molecule has 4 nitrogen and oxygen atoms in total. The van der Waals surface area contributed by atoms with Gasteiger partial charge in [0.25, 0.3) is 11.8 Å². The molecule has 0 aliphatic carbocycles. The number of hydrogen-bond donors (Lipinski definition) is 0. The summed E-state index contributed by atoms with van der Waals surface area (Å²) in [6, 6.07) is 12.7. The minimum Gasteiger partial charge on any atom is -0.339 e. The Kier molecular flexibility index (Phi) is 7.02. The Morgan fingerprint density at radius 2 is 1.44 bits per heavy atom. The highest BCUT2D eigenvalue weighted by Gasteiger charge is 2.44. The average Bonchev–Trinajstić information content (AvgIpc) is 2.77. The lowest BCUT2D eigenvalue weighted by molar-refractivity contribution is 0.0172. The van der Waals surface area contributed by atoms with Crippen LogP contribution in [0.3, 0.4) is 0 Å². The maximum Gasteiger partial charge on any atom is 0.270 e. The smallest absolute Gasteiger partial charge is 0.270 e. The molecule has 1 amide bonds. The third kappa shape index (κ3) is 5.19. The zero-order valence-corrected chi connectivity index (χ0v) is 21.7. The standard InChI is InChI=1S/C27H35F2NO3S/c1-25(2,3)20-12-10-19(11-13-20)24(31)30-16-14-21(15-17-30)26(4,5)34(32,33)23-9-7-8-22(18-23)27(6,28)29/h7-13,18,21H,14-17H2,1-6H3. The van der Waals surface area contributed by atoms with Crippen LogP contribution in [0.2, 0.25) is 0 Å². The van der Waals surface area contributed by atoms with Crippen LogP contribution in [0.5, 0.6) is 0 Å². The van der Waals surface area contributed by atoms with Crippen molar-refractivity contribution < 1.29 is 22.0 Å². The molecule has 0 N–H and O–H groups in total. The Balaban J connectivity index is 1.73. The van der Waals surface area contributed by atoms with Crippen LogP contribution < -0.4 is 0 Å². The summed E-state index contributed by atoms with van der Waals surface area (Å²) in [7, 11) is -3.87. The molecular weight excluding hydrogens is 456 g/mol. The first-order valence-corrected chi connectivity index (χ1v) is 13.2. The lowest BCUT2D eigenvalue weighted by Crippen LogP contribution is -2.47. The van der Waals surface area contributed by atoms with E-state index in [0.717, 1.165) is 18.6 Å². The molecule has 7 heteroatoms. The van der Waals surface area contributed by atoms with Gasteiger partial charge in [0.05, 0.1) is 9.64 Å². The fourth-order valence-corrected chi connectivity index (χ4v) is 6.35. The summed E-state index contributed by atoms with van der Waals surface area (Å²) < 4.78 is 53.3. The van der Waals surface area contributed by atoms with Crippen LogP contribution in [0, 0.1) is 5.92 Å². The normalized spacial score (nSPS) is 16.5. The Labute approximate surface area is 202 Å². The van der Waals surface area contributed by atoms with Gasteiger partial charge < -0.3 is 4.90 Å². The molecule has 0 spiro atoms. The van der Waals surface area contributed by atoms with Crippen LogP contribution in [0.4, 0.5) is 8.78 Å². The van der Waals surface area contributed by atoms with E-state index in [0.29, 0.717) is 31.5 Å². The largest absolute Gasteiger partial charge is 0.339 e. The van der Waals surface area contributed by atoms with Gasteiger partial charge in [-0.25, -0.2) is 17.2 Å². The SMILES string of the molecule is CC(C)(C)c1ccc(C(=O)N2CCC(C(C)(C)S(=O)(=O)c3cccc(C(C)(F)F)c3)CC2)cc1. The molecule has 3 rings (SSSR count). The summed E-state index contributed by atoms with van der Waals surface area (Å²) in [5.41, 5.74) is 1.46. The molecule has 0 unspecified atom stereocenters. The van der Waals surface area contributed by atoms with Crippen molar-refractivity contribution in [1.29, 1.82) is 0 Å². The maximum absolute atomic E-state index is 13.8. The molecule has 0 radical (unpaired) electrons. The van der Waals surface area contributed by atoms with Gasteiger partial charge in [-0.05, 0) is 67.9 Å². The molecule has 1 heterocycles. The van der Waals surface area contributed by atoms with Crippen LogP contribution in [-0.4, -0.2) is 37.1 Å². The maximum atomic E-state index is 13.8. The molecule has 34 heavy (non-hydrogen) atoms. The number of likely N-dealkylation sites (tertiary alicyclic amines) is 1. The van der Waals surface area contributed by atoms with Gasteiger partial charge in [0.2, 0.25) is 0 Å². The summed E-state index contributed by atoms with van der Waals surface area (Å²) in [5.74, 6) is -3.38. The quantitative estimate of drug-likeness (QED) is 0.500. The van der Waals surface area contributed by atoms with Crippen LogP contribution in [0.25, 0.3) is 0 Å². The van der Waals surface area contributed by atoms with Gasteiger partial charge in [0, 0.05) is 31.1 Å². The third-order valence-corrected chi connectivity index (χ3v) is 9.70. The van der Waals surface area contributed by atoms with E-state index in [9.17, 15) is 22.0 Å². The van der Waals surface area contributed by atoms with Crippen molar-refractivity contribution in [3.63, 3.8) is 0 Å². The molecule has 2 aromatic carbocycles. The molecule has 0 atom stereocenters. The summed E-state index contributed by atoms with van der Waals surface area (Å²) in [6.07, 6.45) is 1.06. The summed E-state index contributed by atoms with van der Waals surface area (Å²) >= 11 is 0. The van der Waals surface area contributed by atoms with E-state index in [4.69, 9.17) is 0 Å². The number of halogens is 2. The summed E-state index contributed by atoms with van der Waals surface area (Å²) in [5, 5.41) is 0. The van der Waals surface area contributed by atoms with E-state index in [1.54, 1.807) is 18.7 Å². The van der Waals surface area contributed by atoms with Crippen molar-refractivity contribution in [3.05, 3.63) is 65.2 Å². The number of carbonyl (C=O) groups excluding carboxylic acids is 1. The van der Waals surface area contributed by atoms with E-state index >= 15 is 0 Å². The van der Waals surface area contributed by atoms with Crippen molar-refractivity contribution >= 4 is 15.7 Å². The molecule has 1 fully saturated rings. The second-order valence-corrected chi connectivity index (χ2v) is 13.4. The first-order valence-electron chi connectivity index (χ1n) is 11.7. The van der Waals surface area contributed by atoms with E-state index in [-0.39, 0.29) is 27.7 Å². The number of benzene rings is 2. The molecule has 0 saturated carbocycles. The topological polar surface area (TPSA) is 54.5 Å². The van der Waals surface area contributed by atoms with Crippen molar-refractivity contribution in [3.8, 4) is 0 Å². The Morgan fingerprint density at radius 1 is 0.882 bits per heavy atom. The molecule has 0 bridgehead atoms. The second kappa shape index (κ2) is 9.06. The van der Waals surface area contributed by atoms with E-state index in [2.05, 4.69) is 20.8 Å². The predicted molar refractivity (Wildman–Crippen MR) is 131 cm³/mol. The highest BCUT2D eigenvalue weighted by molar-refractivity contribution is 7.92. The minimum atomic E-state index is -3.87. The highest BCUT2D eigenvalue weighted by Crippen LogP contribution is 2.39. The molecular formula is C27H35F2NO3S. The molecule has 2 aromatic rings. The Morgan fingerprint density at radius 3 is 1.94 bits per heavy atom. The number of nitrogens with zero attached hydrogens (tertiary/aromatic N) is 1. The number of amides is 1. The van der Waals surface area contributed by atoms with Gasteiger partial charge in [-0.3, -0.25) is 4.79 Å². The Hall–Kier alpha value is -2.28. The zero-order chi connectivity index (χ0) is 25.5. The second-order valence-electron chi connectivity index (χ2n) is 10.9. The Bertz CT molecular complexity index is 1140. The van der Waals surface area contributed by atoms with Gasteiger partial charge in [0.1, 0.15) is 0 Å². The first kappa shape index (κ1) is 26.3. The number of rotatable bonds is 5. The van der Waals surface area contributed by atoms with E-state index < -0.39 is 20.5 Å². The van der Waals surface area contributed by atoms with Crippen LogP contribution in [0.1, 0.15) is 75.9 Å². The van der Waals surface area contributed by atoms with Crippen molar-refractivity contribution in [2.24, 2.45) is 5.92 Å². The van der Waals surface area contributed by atoms with Crippen LogP contribution >= 0.6 is 0 Å². The third-order valence-electron chi connectivity index (χ3n) is 7.11. The molecule has 1 aliphatic heterocycles. The number of carbonyl (C=O) groups is 1. The predicted octanol–water partition coefficient (Wildman–Crippen LogP) is 6.20. The number of hydrogen-bond acceptors (Lipinski definition) is 3. The number of alkyl halides is 2. The summed E-state index contributed by atoms with van der Waals surface area (Å²) in [6.45, 7) is 11.3. The van der Waals surface area contributed by atoms with Gasteiger partial charge in [-0.2, -0.15) is 0 Å². The van der Waals surface area contributed by atoms with Crippen LogP contribution in [-0.2, 0) is 21.2 Å². The average molecular weight is 492 g/mol. The van der Waals surface area contributed by atoms with Crippen molar-refractivity contribution in [2.75, 3.05) is 13.1 Å². The molecule has 1 saturated heterocycles. The fraction of sp³-hybridized carbons (Fsp3) is 0.519. The lowest BCUT2D eigenvalue weighted by atomic mass is 9.85. The van der Waals surface area contributed by atoms with Crippen molar-refractivity contribution in [1.82, 2.24) is 4.90 Å². The zero-order valence-electron chi connectivity index (χ0n) is 20.9. The van der Waals surface area contributed by atoms with Gasteiger partial charge in [-0.1, -0.05) is 45.0 Å². The highest BCUT2D eigenvalue weighted by atomic mass is 32.2. The monoisotopic (exact) mass is 491 g/mol. The number of piperidine rings is 1. The molecule has 0 aromatic heterocycles. The summed E-state index contributed by atoms with van der Waals surface area (Å²) in [4.78, 5) is 14.7. The fourth-order valence-electron chi connectivity index (χ4n) is 4.53. The van der Waals surface area contributed by atoms with E-state index in [1.165, 1.54) is 18.2 Å². The van der Waals surface area contributed by atoms with Crippen molar-refractivity contribution in [2.45, 2.75) is 75.4 Å². The molecule has 1 aliphatic rings. The molecule has 186 valence electrons. The van der Waals surface area contributed by atoms with Gasteiger partial charge >= 0.3 is 0 Å². The van der Waals surface area contributed by atoms with Gasteiger partial charge in [-0.15, -0.1) is 0 Å². The first-order chi connectivity index (χ1) is 15.5. The van der Waals surface area contributed by atoms with Gasteiger partial charge in [0.15, 0.2) is 9.84 Å². The van der Waals surface area contributed by atoms with E-state index in [1.807, 2.05) is 24.3 Å². The van der Waals surface area contributed by atoms with Crippen LogP contribution in [0.15, 0.2) is 53.4 Å².